The molecule has 2 aliphatic heterocycles. The second-order valence-corrected chi connectivity index (χ2v) is 11.4. The molecule has 2 aliphatic rings. The molecular formula is C28H26ClN3O3S2. The van der Waals surface area contributed by atoms with Crippen LogP contribution in [0.4, 0.5) is 11.5 Å². The molecule has 1 aromatic heterocycles. The number of nitrogens with one attached hydrogen (secondary N) is 1. The number of hydrogen-bond donors (Lipinski definition) is 1. The second kappa shape index (κ2) is 10.8. The SMILES string of the molecule is COc1ccc(N(C)c2cccc(C3(C4=CSCC4)CC(=O)C(Sc4ccccc4Cl)C(=O)N3)n2)cc1. The van der Waals surface area contributed by atoms with Crippen molar-refractivity contribution in [1.29, 1.82) is 0 Å². The van der Waals surface area contributed by atoms with Gasteiger partial charge < -0.3 is 15.0 Å². The van der Waals surface area contributed by atoms with Crippen LogP contribution in [0.25, 0.3) is 0 Å². The predicted molar refractivity (Wildman–Crippen MR) is 151 cm³/mol. The Morgan fingerprint density at radius 2 is 1.89 bits per heavy atom. The average Bonchev–Trinajstić information content (AvgIpc) is 3.47. The van der Waals surface area contributed by atoms with Gasteiger partial charge in [0.05, 0.1) is 17.8 Å². The lowest BCUT2D eigenvalue weighted by Crippen LogP contribution is -2.58. The van der Waals surface area contributed by atoms with Crippen molar-refractivity contribution in [2.75, 3.05) is 24.8 Å². The van der Waals surface area contributed by atoms with Gasteiger partial charge in [0.2, 0.25) is 5.91 Å². The molecule has 0 bridgehead atoms. The molecule has 1 amide bonds. The van der Waals surface area contributed by atoms with E-state index < -0.39 is 10.8 Å². The van der Waals surface area contributed by atoms with E-state index in [1.54, 1.807) is 24.9 Å². The highest BCUT2D eigenvalue weighted by atomic mass is 35.5. The zero-order valence-electron chi connectivity index (χ0n) is 20.4. The van der Waals surface area contributed by atoms with Crippen LogP contribution in [0, 0.1) is 0 Å². The van der Waals surface area contributed by atoms with Gasteiger partial charge in [-0.1, -0.05) is 29.8 Å². The second-order valence-electron chi connectivity index (χ2n) is 8.87. The van der Waals surface area contributed by atoms with Gasteiger partial charge in [0.25, 0.3) is 0 Å². The molecule has 2 aromatic carbocycles. The normalized spacial score (nSPS) is 21.4. The van der Waals surface area contributed by atoms with Gasteiger partial charge in [-0.15, -0.1) is 23.5 Å². The van der Waals surface area contributed by atoms with Crippen molar-refractivity contribution in [2.45, 2.75) is 28.5 Å². The third-order valence-corrected chi connectivity index (χ3v) is 9.28. The minimum absolute atomic E-state index is 0.135. The molecule has 190 valence electrons. The van der Waals surface area contributed by atoms with E-state index in [0.717, 1.165) is 29.2 Å². The Morgan fingerprint density at radius 3 is 2.57 bits per heavy atom. The molecular weight excluding hydrogens is 526 g/mol. The first-order chi connectivity index (χ1) is 17.9. The van der Waals surface area contributed by atoms with E-state index in [4.69, 9.17) is 21.3 Å². The van der Waals surface area contributed by atoms with Crippen molar-refractivity contribution in [3.05, 3.63) is 88.4 Å². The van der Waals surface area contributed by atoms with Crippen LogP contribution in [0.5, 0.6) is 5.75 Å². The number of ketones is 1. The fourth-order valence-corrected chi connectivity index (χ4v) is 6.82. The molecule has 3 aromatic rings. The molecule has 37 heavy (non-hydrogen) atoms. The van der Waals surface area contributed by atoms with Crippen LogP contribution in [-0.2, 0) is 15.1 Å². The molecule has 0 spiro atoms. The first-order valence-electron chi connectivity index (χ1n) is 11.8. The minimum atomic E-state index is -0.980. The van der Waals surface area contributed by atoms with Gasteiger partial charge in [-0.2, -0.15) is 0 Å². The number of halogens is 1. The molecule has 9 heteroatoms. The fraction of sp³-hybridized carbons (Fsp3) is 0.250. The topological polar surface area (TPSA) is 71.5 Å². The lowest BCUT2D eigenvalue weighted by molar-refractivity contribution is -0.133. The van der Waals surface area contributed by atoms with Crippen LogP contribution >= 0.6 is 35.1 Å². The van der Waals surface area contributed by atoms with E-state index in [1.165, 1.54) is 11.8 Å². The van der Waals surface area contributed by atoms with Crippen molar-refractivity contribution in [1.82, 2.24) is 10.3 Å². The summed E-state index contributed by atoms with van der Waals surface area (Å²) >= 11 is 9.20. The quantitative estimate of drug-likeness (QED) is 0.362. The van der Waals surface area contributed by atoms with E-state index in [-0.39, 0.29) is 18.1 Å². The van der Waals surface area contributed by atoms with Crippen molar-refractivity contribution in [3.8, 4) is 5.75 Å². The Labute approximate surface area is 229 Å². The molecule has 0 radical (unpaired) electrons. The van der Waals surface area contributed by atoms with Gasteiger partial charge in [-0.05, 0) is 65.9 Å². The molecule has 1 fully saturated rings. The van der Waals surface area contributed by atoms with Crippen LogP contribution in [-0.4, -0.2) is 41.8 Å². The first kappa shape index (κ1) is 25.7. The van der Waals surface area contributed by atoms with Crippen molar-refractivity contribution in [3.63, 3.8) is 0 Å². The molecule has 2 unspecified atom stereocenters. The van der Waals surface area contributed by atoms with Crippen LogP contribution in [0.1, 0.15) is 18.5 Å². The van der Waals surface area contributed by atoms with Crippen molar-refractivity contribution < 1.29 is 14.3 Å². The smallest absolute Gasteiger partial charge is 0.242 e. The van der Waals surface area contributed by atoms with Gasteiger partial charge in [0.1, 0.15) is 22.4 Å². The number of amides is 1. The number of carbonyl (C=O) groups is 2. The largest absolute Gasteiger partial charge is 0.497 e. The van der Waals surface area contributed by atoms with Gasteiger partial charge in [-0.25, -0.2) is 4.98 Å². The Bertz CT molecular complexity index is 1340. The third-order valence-electron chi connectivity index (χ3n) is 6.63. The van der Waals surface area contributed by atoms with E-state index in [1.807, 2.05) is 72.6 Å². The number of thioether (sulfide) groups is 2. The summed E-state index contributed by atoms with van der Waals surface area (Å²) in [5.41, 5.74) is 1.63. The summed E-state index contributed by atoms with van der Waals surface area (Å²) in [5, 5.41) is 4.95. The zero-order valence-corrected chi connectivity index (χ0v) is 22.8. The summed E-state index contributed by atoms with van der Waals surface area (Å²) < 4.78 is 5.27. The third kappa shape index (κ3) is 5.10. The monoisotopic (exact) mass is 551 g/mol. The number of nitrogens with zero attached hydrogens (tertiary/aromatic N) is 2. The maximum atomic E-state index is 13.6. The lowest BCUT2D eigenvalue weighted by atomic mass is 9.77. The Balaban J connectivity index is 1.48. The summed E-state index contributed by atoms with van der Waals surface area (Å²) in [6, 6.07) is 20.7. The number of ether oxygens (including phenoxy) is 1. The van der Waals surface area contributed by atoms with E-state index in [2.05, 4.69) is 10.7 Å². The van der Waals surface area contributed by atoms with Gasteiger partial charge in [0.15, 0.2) is 5.78 Å². The zero-order chi connectivity index (χ0) is 26.0. The summed E-state index contributed by atoms with van der Waals surface area (Å²) in [4.78, 5) is 34.7. The number of carbonyl (C=O) groups excluding carboxylic acids is 2. The first-order valence-corrected chi connectivity index (χ1v) is 14.1. The van der Waals surface area contributed by atoms with E-state index in [9.17, 15) is 9.59 Å². The number of methoxy groups -OCH3 is 1. The molecule has 0 aliphatic carbocycles. The number of Topliss-reactive ketones (excluding diaryl/α,β-unsaturated/α-hetero) is 1. The number of hydrogen-bond acceptors (Lipinski definition) is 7. The number of rotatable bonds is 7. The Kier molecular flexibility index (Phi) is 7.51. The summed E-state index contributed by atoms with van der Waals surface area (Å²) in [7, 11) is 3.57. The number of piperidine rings is 1. The van der Waals surface area contributed by atoms with Gasteiger partial charge >= 0.3 is 0 Å². The Hall–Kier alpha value is -2.94. The predicted octanol–water partition coefficient (Wildman–Crippen LogP) is 5.98. The maximum absolute atomic E-state index is 13.6. The number of pyridine rings is 1. The molecule has 3 heterocycles. The standard InChI is InChI=1S/C28H26ClN3O3S2/c1-32(19-10-12-20(35-2)13-11-19)25-9-5-8-24(30-25)28(18-14-15-36-17-18)16-22(33)26(27(34)31-28)37-23-7-4-3-6-21(23)29/h3-13,17,26H,14-16H2,1-2H3,(H,31,34). The molecule has 6 nitrogen and oxygen atoms in total. The number of benzene rings is 2. The molecule has 5 rings (SSSR count). The average molecular weight is 552 g/mol. The van der Waals surface area contributed by atoms with E-state index >= 15 is 0 Å². The Morgan fingerprint density at radius 1 is 1.11 bits per heavy atom. The molecule has 0 saturated carbocycles. The molecule has 2 atom stereocenters. The number of anilines is 2. The van der Waals surface area contributed by atoms with Gasteiger partial charge in [-0.3, -0.25) is 9.59 Å². The lowest BCUT2D eigenvalue weighted by Gasteiger charge is -2.40. The maximum Gasteiger partial charge on any atom is 0.242 e. The van der Waals surface area contributed by atoms with E-state index in [0.29, 0.717) is 21.4 Å². The minimum Gasteiger partial charge on any atom is -0.497 e. The summed E-state index contributed by atoms with van der Waals surface area (Å²) in [6.07, 6.45) is 0.913. The van der Waals surface area contributed by atoms with Crippen LogP contribution < -0.4 is 15.0 Å². The highest BCUT2D eigenvalue weighted by Gasteiger charge is 2.49. The molecule has 1 N–H and O–H groups in total. The van der Waals surface area contributed by atoms with Crippen molar-refractivity contribution in [2.24, 2.45) is 0 Å². The fourth-order valence-electron chi connectivity index (χ4n) is 4.61. The number of aromatic nitrogens is 1. The van der Waals surface area contributed by atoms with Crippen LogP contribution in [0.15, 0.2) is 82.6 Å². The highest BCUT2D eigenvalue weighted by Crippen LogP contribution is 2.44. The molecule has 1 saturated heterocycles. The highest BCUT2D eigenvalue weighted by molar-refractivity contribution is 8.02. The van der Waals surface area contributed by atoms with Crippen molar-refractivity contribution >= 4 is 58.3 Å². The summed E-state index contributed by atoms with van der Waals surface area (Å²) in [5.74, 6) is 1.93. The summed E-state index contributed by atoms with van der Waals surface area (Å²) in [6.45, 7) is 0. The van der Waals surface area contributed by atoms with Crippen LogP contribution in [0.3, 0.4) is 0 Å². The van der Waals surface area contributed by atoms with Crippen LogP contribution in [0.2, 0.25) is 5.02 Å². The van der Waals surface area contributed by atoms with Gasteiger partial charge in [0, 0.05) is 29.8 Å².